The van der Waals surface area contributed by atoms with Crippen LogP contribution in [0.4, 0.5) is 5.69 Å². The fourth-order valence-electron chi connectivity index (χ4n) is 3.07. The Balaban J connectivity index is 1.86. The fourth-order valence-corrected chi connectivity index (χ4v) is 3.07. The van der Waals surface area contributed by atoms with Crippen LogP contribution in [0.1, 0.15) is 28.5 Å². The molecule has 3 aromatic rings. The largest absolute Gasteiger partial charge is 0.497 e. The Morgan fingerprint density at radius 1 is 1.12 bits per heavy atom. The van der Waals surface area contributed by atoms with Crippen molar-refractivity contribution >= 4 is 17.3 Å². The molecule has 0 saturated carbocycles. The van der Waals surface area contributed by atoms with E-state index < -0.39 is 16.4 Å². The fraction of sp³-hybridized carbons (Fsp3) is 0.190. The van der Waals surface area contributed by atoms with Crippen LogP contribution in [0.15, 0.2) is 52.4 Å². The molecule has 2 N–H and O–H groups in total. The lowest BCUT2D eigenvalue weighted by Gasteiger charge is -2.07. The van der Waals surface area contributed by atoms with Crippen molar-refractivity contribution in [3.05, 3.63) is 79.8 Å². The van der Waals surface area contributed by atoms with Crippen molar-refractivity contribution in [1.29, 1.82) is 0 Å². The SMILES string of the molecule is COc1cc(OC)cc(C(=O)NN=C(C)c2c(C)[nH]n(-c3ccc([N+](=O)[O-])cc3)c2=O)c1. The lowest BCUT2D eigenvalue weighted by atomic mass is 10.2. The number of nitro groups is 1. The second kappa shape index (κ2) is 9.16. The highest BCUT2D eigenvalue weighted by atomic mass is 16.6. The molecule has 0 spiro atoms. The van der Waals surface area contributed by atoms with Crippen molar-refractivity contribution in [2.24, 2.45) is 5.10 Å². The first kappa shape index (κ1) is 22.3. The van der Waals surface area contributed by atoms with Crippen molar-refractivity contribution in [3.63, 3.8) is 0 Å². The summed E-state index contributed by atoms with van der Waals surface area (Å²) in [6, 6.07) is 10.2. The minimum atomic E-state index is -0.519. The van der Waals surface area contributed by atoms with Crippen LogP contribution in [0.3, 0.4) is 0 Å². The number of hydrogen-bond acceptors (Lipinski definition) is 7. The van der Waals surface area contributed by atoms with Gasteiger partial charge in [0.15, 0.2) is 0 Å². The lowest BCUT2D eigenvalue weighted by molar-refractivity contribution is -0.384. The summed E-state index contributed by atoms with van der Waals surface area (Å²) in [5, 5.41) is 17.8. The summed E-state index contributed by atoms with van der Waals surface area (Å²) in [6.07, 6.45) is 0. The van der Waals surface area contributed by atoms with E-state index in [-0.39, 0.29) is 22.5 Å². The van der Waals surface area contributed by atoms with Crippen LogP contribution in [-0.4, -0.2) is 40.5 Å². The van der Waals surface area contributed by atoms with Gasteiger partial charge in [0.25, 0.3) is 17.2 Å². The minimum Gasteiger partial charge on any atom is -0.497 e. The summed E-state index contributed by atoms with van der Waals surface area (Å²) in [4.78, 5) is 35.7. The van der Waals surface area contributed by atoms with Gasteiger partial charge in [-0.15, -0.1) is 0 Å². The molecule has 1 heterocycles. The molecule has 11 heteroatoms. The number of amides is 1. The molecule has 0 radical (unpaired) electrons. The van der Waals surface area contributed by atoms with Gasteiger partial charge in [-0.25, -0.2) is 10.1 Å². The molecule has 0 atom stereocenters. The summed E-state index contributed by atoms with van der Waals surface area (Å²) in [6.45, 7) is 3.27. The summed E-state index contributed by atoms with van der Waals surface area (Å²) >= 11 is 0. The number of methoxy groups -OCH3 is 2. The van der Waals surface area contributed by atoms with Gasteiger partial charge in [0.05, 0.1) is 36.1 Å². The van der Waals surface area contributed by atoms with Gasteiger partial charge in [0.2, 0.25) is 0 Å². The van der Waals surface area contributed by atoms with Crippen LogP contribution in [-0.2, 0) is 0 Å². The molecule has 0 unspecified atom stereocenters. The number of rotatable bonds is 7. The maximum Gasteiger partial charge on any atom is 0.280 e. The number of carbonyl (C=O) groups excluding carboxylic acids is 1. The molecule has 0 aliphatic carbocycles. The van der Waals surface area contributed by atoms with Crippen LogP contribution < -0.4 is 20.5 Å². The van der Waals surface area contributed by atoms with E-state index in [0.717, 1.165) is 0 Å². The van der Waals surface area contributed by atoms with E-state index in [1.807, 2.05) is 0 Å². The summed E-state index contributed by atoms with van der Waals surface area (Å²) in [5.74, 6) is 0.385. The predicted octanol–water partition coefficient (Wildman–Crippen LogP) is 2.55. The predicted molar refractivity (Wildman–Crippen MR) is 117 cm³/mol. The number of nitrogens with one attached hydrogen (secondary N) is 2. The minimum absolute atomic E-state index is 0.0834. The number of nitrogens with zero attached hydrogens (tertiary/aromatic N) is 3. The molecule has 0 aliphatic rings. The van der Waals surface area contributed by atoms with Crippen molar-refractivity contribution in [1.82, 2.24) is 15.2 Å². The van der Waals surface area contributed by atoms with E-state index in [4.69, 9.17) is 9.47 Å². The molecular weight excluding hydrogens is 418 g/mol. The van der Waals surface area contributed by atoms with Gasteiger partial charge in [-0.3, -0.25) is 24.8 Å². The molecule has 1 amide bonds. The van der Waals surface area contributed by atoms with Gasteiger partial charge in [-0.05, 0) is 38.1 Å². The Morgan fingerprint density at radius 3 is 2.25 bits per heavy atom. The number of benzene rings is 2. The highest BCUT2D eigenvalue weighted by Gasteiger charge is 2.17. The number of carbonyl (C=O) groups is 1. The van der Waals surface area contributed by atoms with E-state index in [9.17, 15) is 19.7 Å². The van der Waals surface area contributed by atoms with Gasteiger partial charge in [-0.2, -0.15) is 5.10 Å². The summed E-state index contributed by atoms with van der Waals surface area (Å²) in [7, 11) is 2.95. The van der Waals surface area contributed by atoms with E-state index in [2.05, 4.69) is 15.6 Å². The number of aromatic nitrogens is 2. The molecule has 0 bridgehead atoms. The smallest absolute Gasteiger partial charge is 0.280 e. The molecule has 0 saturated heterocycles. The van der Waals surface area contributed by atoms with E-state index in [1.54, 1.807) is 19.9 Å². The molecule has 1 aromatic heterocycles. The average Bonchev–Trinajstić information content (AvgIpc) is 3.10. The summed E-state index contributed by atoms with van der Waals surface area (Å²) < 4.78 is 11.6. The molecule has 2 aromatic carbocycles. The number of hydrazone groups is 1. The first-order chi connectivity index (χ1) is 15.2. The Bertz CT molecular complexity index is 1230. The third-order valence-corrected chi connectivity index (χ3v) is 4.69. The average molecular weight is 439 g/mol. The first-order valence-corrected chi connectivity index (χ1v) is 9.39. The third-order valence-electron chi connectivity index (χ3n) is 4.69. The number of H-pyrrole nitrogens is 1. The molecule has 32 heavy (non-hydrogen) atoms. The van der Waals surface area contributed by atoms with Gasteiger partial charge in [-0.1, -0.05) is 0 Å². The zero-order chi connectivity index (χ0) is 23.4. The third kappa shape index (κ3) is 4.51. The monoisotopic (exact) mass is 439 g/mol. The number of aryl methyl sites for hydroxylation is 1. The number of aromatic amines is 1. The molecule has 11 nitrogen and oxygen atoms in total. The van der Waals surface area contributed by atoms with E-state index in [0.29, 0.717) is 22.9 Å². The highest BCUT2D eigenvalue weighted by molar-refractivity contribution is 6.01. The standard InChI is InChI=1S/C21H21N5O6/c1-12(22-23-20(27)14-9-17(31-3)11-18(10-14)32-4)19-13(2)24-25(21(19)28)15-5-7-16(8-6-15)26(29)30/h5-11,24H,1-4H3,(H,23,27). The second-order valence-electron chi connectivity index (χ2n) is 6.77. The van der Waals surface area contributed by atoms with Gasteiger partial charge in [0.1, 0.15) is 11.5 Å². The quantitative estimate of drug-likeness (QED) is 0.329. The van der Waals surface area contributed by atoms with Gasteiger partial charge < -0.3 is 9.47 Å². The molecular formula is C21H21N5O6. The molecule has 0 fully saturated rings. The van der Waals surface area contributed by atoms with Crippen LogP contribution >= 0.6 is 0 Å². The number of nitro benzene ring substituents is 1. The van der Waals surface area contributed by atoms with Crippen LogP contribution in [0.25, 0.3) is 5.69 Å². The second-order valence-corrected chi connectivity index (χ2v) is 6.77. The Kier molecular flexibility index (Phi) is 6.38. The number of ether oxygens (including phenoxy) is 2. The van der Waals surface area contributed by atoms with Gasteiger partial charge in [0, 0.05) is 29.5 Å². The molecule has 166 valence electrons. The van der Waals surface area contributed by atoms with Crippen LogP contribution in [0.5, 0.6) is 11.5 Å². The van der Waals surface area contributed by atoms with E-state index >= 15 is 0 Å². The van der Waals surface area contributed by atoms with Crippen LogP contribution in [0.2, 0.25) is 0 Å². The van der Waals surface area contributed by atoms with E-state index in [1.165, 1.54) is 55.3 Å². The first-order valence-electron chi connectivity index (χ1n) is 9.39. The maximum atomic E-state index is 12.9. The van der Waals surface area contributed by atoms with Crippen molar-refractivity contribution in [2.45, 2.75) is 13.8 Å². The van der Waals surface area contributed by atoms with Gasteiger partial charge >= 0.3 is 0 Å². The molecule has 0 aliphatic heterocycles. The number of hydrogen-bond donors (Lipinski definition) is 2. The Hall–Kier alpha value is -4.41. The lowest BCUT2D eigenvalue weighted by Crippen LogP contribution is -2.23. The Morgan fingerprint density at radius 2 is 1.72 bits per heavy atom. The van der Waals surface area contributed by atoms with Crippen molar-refractivity contribution in [3.8, 4) is 17.2 Å². The number of non-ortho nitro benzene ring substituents is 1. The normalized spacial score (nSPS) is 11.2. The summed E-state index contributed by atoms with van der Waals surface area (Å²) in [5.41, 5.74) is 3.71. The van der Waals surface area contributed by atoms with Crippen molar-refractivity contribution < 1.29 is 19.2 Å². The maximum absolute atomic E-state index is 12.9. The molecule has 3 rings (SSSR count). The topological polar surface area (TPSA) is 141 Å². The Labute approximate surface area is 182 Å². The zero-order valence-corrected chi connectivity index (χ0v) is 17.8. The van der Waals surface area contributed by atoms with Crippen LogP contribution in [0, 0.1) is 17.0 Å². The highest BCUT2D eigenvalue weighted by Crippen LogP contribution is 2.22. The van der Waals surface area contributed by atoms with Crippen molar-refractivity contribution in [2.75, 3.05) is 14.2 Å². The zero-order valence-electron chi connectivity index (χ0n) is 17.8.